The summed E-state index contributed by atoms with van der Waals surface area (Å²) in [7, 11) is 1.73. The van der Waals surface area contributed by atoms with Crippen LogP contribution in [0.5, 0.6) is 0 Å². The molecule has 0 spiro atoms. The Morgan fingerprint density at radius 3 is 2.90 bits per heavy atom. The molecule has 110 valence electrons. The molecule has 0 atom stereocenters. The first kappa shape index (κ1) is 14.9. The molecule has 0 fully saturated rings. The molecule has 1 aromatic carbocycles. The van der Waals surface area contributed by atoms with Crippen LogP contribution in [0.3, 0.4) is 0 Å². The van der Waals surface area contributed by atoms with E-state index in [1.807, 2.05) is 0 Å². The number of guanidine groups is 1. The summed E-state index contributed by atoms with van der Waals surface area (Å²) in [6.45, 7) is 6.59. The fraction of sp³-hybridized carbons (Fsp3) is 0.562. The molecule has 20 heavy (non-hydrogen) atoms. The maximum Gasteiger partial charge on any atom is 0.194 e. The summed E-state index contributed by atoms with van der Waals surface area (Å²) in [4.78, 5) is 7.04. The molecule has 2 rings (SSSR count). The zero-order valence-corrected chi connectivity index (χ0v) is 12.6. The van der Waals surface area contributed by atoms with E-state index in [2.05, 4.69) is 41.4 Å². The summed E-state index contributed by atoms with van der Waals surface area (Å²) >= 11 is 0. The van der Waals surface area contributed by atoms with Crippen LogP contribution in [0.25, 0.3) is 0 Å². The summed E-state index contributed by atoms with van der Waals surface area (Å²) in [5.41, 5.74) is 2.89. The van der Waals surface area contributed by atoms with Gasteiger partial charge in [0.25, 0.3) is 0 Å². The van der Waals surface area contributed by atoms with E-state index in [1.54, 1.807) is 7.11 Å². The van der Waals surface area contributed by atoms with Crippen LogP contribution < -0.4 is 5.32 Å². The average Bonchev–Trinajstić information content (AvgIpc) is 2.50. The molecule has 0 aromatic heterocycles. The highest BCUT2D eigenvalue weighted by Gasteiger charge is 2.18. The van der Waals surface area contributed by atoms with Gasteiger partial charge in [-0.2, -0.15) is 0 Å². The van der Waals surface area contributed by atoms with E-state index in [1.165, 1.54) is 11.1 Å². The van der Waals surface area contributed by atoms with E-state index in [-0.39, 0.29) is 0 Å². The van der Waals surface area contributed by atoms with Gasteiger partial charge in [0.15, 0.2) is 5.96 Å². The average molecular weight is 275 g/mol. The maximum atomic E-state index is 5.07. The Morgan fingerprint density at radius 2 is 2.15 bits per heavy atom. The number of hydrogen-bond acceptors (Lipinski definition) is 2. The molecule has 1 aromatic rings. The summed E-state index contributed by atoms with van der Waals surface area (Å²) in [6.07, 6.45) is 2.06. The van der Waals surface area contributed by atoms with Gasteiger partial charge in [-0.05, 0) is 30.9 Å². The highest BCUT2D eigenvalue weighted by atomic mass is 16.5. The molecule has 1 aliphatic rings. The van der Waals surface area contributed by atoms with Crippen LogP contribution in [0.15, 0.2) is 29.3 Å². The molecule has 1 heterocycles. The summed E-state index contributed by atoms with van der Waals surface area (Å²) in [5.74, 6) is 1.03. The number of methoxy groups -OCH3 is 1. The van der Waals surface area contributed by atoms with Crippen molar-refractivity contribution in [3.8, 4) is 0 Å². The lowest BCUT2D eigenvalue weighted by Crippen LogP contribution is -2.44. The van der Waals surface area contributed by atoms with Crippen LogP contribution in [0.2, 0.25) is 0 Å². The minimum atomic E-state index is 0.770. The normalized spacial score (nSPS) is 15.1. The van der Waals surface area contributed by atoms with Gasteiger partial charge >= 0.3 is 0 Å². The van der Waals surface area contributed by atoms with Gasteiger partial charge in [0.05, 0.1) is 0 Å². The lowest BCUT2D eigenvalue weighted by atomic mass is 10.0. The van der Waals surface area contributed by atoms with Gasteiger partial charge in [-0.1, -0.05) is 24.3 Å². The molecule has 4 heteroatoms. The maximum absolute atomic E-state index is 5.07. The fourth-order valence-corrected chi connectivity index (χ4v) is 2.50. The zero-order valence-electron chi connectivity index (χ0n) is 12.6. The van der Waals surface area contributed by atoms with Crippen molar-refractivity contribution in [1.29, 1.82) is 0 Å². The topological polar surface area (TPSA) is 36.9 Å². The van der Waals surface area contributed by atoms with Gasteiger partial charge < -0.3 is 15.0 Å². The zero-order chi connectivity index (χ0) is 14.2. The number of benzene rings is 1. The minimum absolute atomic E-state index is 0.770. The number of nitrogens with one attached hydrogen (secondary N) is 1. The van der Waals surface area contributed by atoms with Crippen LogP contribution in [-0.2, 0) is 17.7 Å². The predicted octanol–water partition coefficient (Wildman–Crippen LogP) is 2.05. The standard InChI is InChI=1S/C16H25N3O/c1-3-17-16(18-10-6-12-20-2)19-11-9-14-7-4-5-8-15(14)13-19/h4-5,7-8H,3,6,9-13H2,1-2H3,(H,17,18). The Hall–Kier alpha value is -1.55. The quantitative estimate of drug-likeness (QED) is 0.507. The Labute approximate surface area is 121 Å². The number of aliphatic imine (C=N–C) groups is 1. The third-order valence-corrected chi connectivity index (χ3v) is 3.53. The van der Waals surface area contributed by atoms with Crippen LogP contribution >= 0.6 is 0 Å². The van der Waals surface area contributed by atoms with Crippen molar-refractivity contribution in [2.75, 3.05) is 33.4 Å². The van der Waals surface area contributed by atoms with E-state index in [9.17, 15) is 0 Å². The third-order valence-electron chi connectivity index (χ3n) is 3.53. The van der Waals surface area contributed by atoms with Gasteiger partial charge in [-0.15, -0.1) is 0 Å². The molecule has 1 N–H and O–H groups in total. The Bertz CT molecular complexity index is 445. The number of fused-ring (bicyclic) bond motifs is 1. The first-order valence-corrected chi connectivity index (χ1v) is 7.44. The van der Waals surface area contributed by atoms with E-state index < -0.39 is 0 Å². The molecular weight excluding hydrogens is 250 g/mol. The SMILES string of the molecule is CCNC(=NCCCOC)N1CCc2ccccc2C1. The van der Waals surface area contributed by atoms with Gasteiger partial charge in [0.2, 0.25) is 0 Å². The van der Waals surface area contributed by atoms with Crippen molar-refractivity contribution < 1.29 is 4.74 Å². The van der Waals surface area contributed by atoms with Crippen molar-refractivity contribution in [2.45, 2.75) is 26.3 Å². The lowest BCUT2D eigenvalue weighted by Gasteiger charge is -2.31. The summed E-state index contributed by atoms with van der Waals surface area (Å²) in [5, 5.41) is 3.40. The molecule has 0 aliphatic carbocycles. The van der Waals surface area contributed by atoms with Gasteiger partial charge in [0, 0.05) is 39.9 Å². The van der Waals surface area contributed by atoms with Crippen molar-refractivity contribution in [1.82, 2.24) is 10.2 Å². The predicted molar refractivity (Wildman–Crippen MR) is 83.0 cm³/mol. The Morgan fingerprint density at radius 1 is 1.35 bits per heavy atom. The van der Waals surface area contributed by atoms with E-state index in [0.717, 1.165) is 51.6 Å². The first-order chi connectivity index (χ1) is 9.85. The second-order valence-electron chi connectivity index (χ2n) is 5.02. The number of ether oxygens (including phenoxy) is 1. The van der Waals surface area contributed by atoms with Gasteiger partial charge in [0.1, 0.15) is 0 Å². The van der Waals surface area contributed by atoms with Crippen LogP contribution in [-0.4, -0.2) is 44.2 Å². The molecule has 0 saturated carbocycles. The third kappa shape index (κ3) is 3.97. The molecule has 0 bridgehead atoms. The minimum Gasteiger partial charge on any atom is -0.385 e. The van der Waals surface area contributed by atoms with Crippen LogP contribution in [0.4, 0.5) is 0 Å². The van der Waals surface area contributed by atoms with Gasteiger partial charge in [-0.3, -0.25) is 4.99 Å². The van der Waals surface area contributed by atoms with E-state index in [0.29, 0.717) is 0 Å². The van der Waals surface area contributed by atoms with E-state index in [4.69, 9.17) is 9.73 Å². The molecular formula is C16H25N3O. The van der Waals surface area contributed by atoms with Crippen molar-refractivity contribution in [3.05, 3.63) is 35.4 Å². The highest BCUT2D eigenvalue weighted by molar-refractivity contribution is 5.80. The summed E-state index contributed by atoms with van der Waals surface area (Å²) in [6, 6.07) is 8.69. The molecule has 0 unspecified atom stereocenters. The smallest absolute Gasteiger partial charge is 0.194 e. The molecule has 0 amide bonds. The molecule has 4 nitrogen and oxygen atoms in total. The van der Waals surface area contributed by atoms with Gasteiger partial charge in [-0.25, -0.2) is 0 Å². The fourth-order valence-electron chi connectivity index (χ4n) is 2.50. The van der Waals surface area contributed by atoms with E-state index >= 15 is 0 Å². The second-order valence-corrected chi connectivity index (χ2v) is 5.02. The number of nitrogens with zero attached hydrogens (tertiary/aromatic N) is 2. The number of hydrogen-bond donors (Lipinski definition) is 1. The molecule has 1 aliphatic heterocycles. The largest absolute Gasteiger partial charge is 0.385 e. The monoisotopic (exact) mass is 275 g/mol. The van der Waals surface area contributed by atoms with Crippen molar-refractivity contribution in [2.24, 2.45) is 4.99 Å². The van der Waals surface area contributed by atoms with Crippen LogP contribution in [0.1, 0.15) is 24.5 Å². The number of rotatable bonds is 5. The molecule has 0 saturated heterocycles. The Kier molecular flexibility index (Phi) is 5.87. The van der Waals surface area contributed by atoms with Crippen LogP contribution in [0, 0.1) is 0 Å². The highest BCUT2D eigenvalue weighted by Crippen LogP contribution is 2.18. The van der Waals surface area contributed by atoms with Crippen molar-refractivity contribution >= 4 is 5.96 Å². The second kappa shape index (κ2) is 7.90. The molecule has 0 radical (unpaired) electrons. The van der Waals surface area contributed by atoms with Crippen molar-refractivity contribution in [3.63, 3.8) is 0 Å². The Balaban J connectivity index is 2.00. The first-order valence-electron chi connectivity index (χ1n) is 7.44. The summed E-state index contributed by atoms with van der Waals surface area (Å²) < 4.78 is 5.07. The lowest BCUT2D eigenvalue weighted by molar-refractivity contribution is 0.197.